The third-order valence-electron chi connectivity index (χ3n) is 2.86. The van der Waals surface area contributed by atoms with Gasteiger partial charge in [-0.15, -0.1) is 0 Å². The lowest BCUT2D eigenvalue weighted by Crippen LogP contribution is -2.15. The summed E-state index contributed by atoms with van der Waals surface area (Å²) in [4.78, 5) is 22.1. The van der Waals surface area contributed by atoms with Gasteiger partial charge in [0, 0.05) is 6.07 Å². The summed E-state index contributed by atoms with van der Waals surface area (Å²) in [5.74, 6) is 0.0615. The van der Waals surface area contributed by atoms with E-state index in [2.05, 4.69) is 10.3 Å². The van der Waals surface area contributed by atoms with Crippen LogP contribution in [-0.4, -0.2) is 25.8 Å². The smallest absolute Gasteiger partial charge is 0.328 e. The number of carbonyl (C=O) groups excluding carboxylic acids is 1. The first kappa shape index (κ1) is 14.7. The lowest BCUT2D eigenvalue weighted by Gasteiger charge is -2.04. The third-order valence-corrected chi connectivity index (χ3v) is 2.86. The van der Waals surface area contributed by atoms with Crippen molar-refractivity contribution in [3.8, 4) is 0 Å². The standard InChI is InChI=1S/C12H14N4O5/c1-7-4-10(14-21-7)6-20-11(17)5-15-9(3)12(16(18)19)8(2)13-15/h4H,5-6H2,1-3H3. The Bertz CT molecular complexity index is 688. The van der Waals surface area contributed by atoms with Crippen LogP contribution >= 0.6 is 0 Å². The van der Waals surface area contributed by atoms with Gasteiger partial charge >= 0.3 is 11.7 Å². The Kier molecular flexibility index (Phi) is 4.01. The molecule has 0 amide bonds. The fourth-order valence-corrected chi connectivity index (χ4v) is 1.91. The van der Waals surface area contributed by atoms with Crippen LogP contribution in [0.1, 0.15) is 22.8 Å². The minimum Gasteiger partial charge on any atom is -0.458 e. The number of aromatic nitrogens is 3. The Morgan fingerprint density at radius 2 is 2.19 bits per heavy atom. The van der Waals surface area contributed by atoms with E-state index >= 15 is 0 Å². The molecule has 0 saturated carbocycles. The van der Waals surface area contributed by atoms with E-state index in [0.29, 0.717) is 17.1 Å². The summed E-state index contributed by atoms with van der Waals surface area (Å²) in [6, 6.07) is 1.65. The Hall–Kier alpha value is -2.71. The maximum absolute atomic E-state index is 11.7. The van der Waals surface area contributed by atoms with Gasteiger partial charge in [0.25, 0.3) is 0 Å². The number of nitro groups is 1. The molecular formula is C12H14N4O5. The van der Waals surface area contributed by atoms with Crippen LogP contribution in [0.5, 0.6) is 0 Å². The lowest BCUT2D eigenvalue weighted by molar-refractivity contribution is -0.386. The molecular weight excluding hydrogens is 280 g/mol. The molecule has 9 heteroatoms. The molecule has 0 N–H and O–H groups in total. The van der Waals surface area contributed by atoms with Crippen LogP contribution in [0.3, 0.4) is 0 Å². The van der Waals surface area contributed by atoms with Gasteiger partial charge in [0.15, 0.2) is 0 Å². The minimum absolute atomic E-state index is 0.0163. The predicted octanol–water partition coefficient (Wildman–Crippen LogP) is 1.45. The van der Waals surface area contributed by atoms with Crippen LogP contribution < -0.4 is 0 Å². The van der Waals surface area contributed by atoms with Crippen molar-refractivity contribution < 1.29 is 19.0 Å². The quantitative estimate of drug-likeness (QED) is 0.465. The van der Waals surface area contributed by atoms with Gasteiger partial charge in [0.1, 0.15) is 36.0 Å². The zero-order chi connectivity index (χ0) is 15.6. The van der Waals surface area contributed by atoms with Gasteiger partial charge in [-0.3, -0.25) is 19.6 Å². The van der Waals surface area contributed by atoms with E-state index in [4.69, 9.17) is 9.26 Å². The summed E-state index contributed by atoms with van der Waals surface area (Å²) in [6.45, 7) is 4.57. The minimum atomic E-state index is -0.559. The number of rotatable bonds is 5. The molecule has 112 valence electrons. The number of ether oxygens (including phenoxy) is 1. The highest BCUT2D eigenvalue weighted by Crippen LogP contribution is 2.21. The normalized spacial score (nSPS) is 10.6. The average molecular weight is 294 g/mol. The summed E-state index contributed by atoms with van der Waals surface area (Å²) in [5.41, 5.74) is 0.985. The highest BCUT2D eigenvalue weighted by atomic mass is 16.6. The first-order valence-corrected chi connectivity index (χ1v) is 6.14. The molecule has 0 atom stereocenters. The van der Waals surface area contributed by atoms with E-state index in [1.165, 1.54) is 18.5 Å². The van der Waals surface area contributed by atoms with Crippen molar-refractivity contribution in [2.45, 2.75) is 33.9 Å². The van der Waals surface area contributed by atoms with E-state index in [9.17, 15) is 14.9 Å². The summed E-state index contributed by atoms with van der Waals surface area (Å²) in [5, 5.41) is 18.5. The van der Waals surface area contributed by atoms with Crippen molar-refractivity contribution in [1.29, 1.82) is 0 Å². The van der Waals surface area contributed by atoms with Crippen LogP contribution in [0.2, 0.25) is 0 Å². The Morgan fingerprint density at radius 3 is 2.71 bits per heavy atom. The molecule has 21 heavy (non-hydrogen) atoms. The van der Waals surface area contributed by atoms with Crippen LogP contribution in [-0.2, 0) is 22.7 Å². The number of hydrogen-bond donors (Lipinski definition) is 0. The van der Waals surface area contributed by atoms with Gasteiger partial charge in [-0.05, 0) is 20.8 Å². The van der Waals surface area contributed by atoms with Gasteiger partial charge < -0.3 is 9.26 Å². The van der Waals surface area contributed by atoms with Gasteiger partial charge in [0.2, 0.25) is 0 Å². The molecule has 2 aromatic heterocycles. The zero-order valence-electron chi connectivity index (χ0n) is 11.8. The van der Waals surface area contributed by atoms with Crippen LogP contribution in [0.25, 0.3) is 0 Å². The van der Waals surface area contributed by atoms with Crippen LogP contribution in [0.4, 0.5) is 5.69 Å². The molecule has 0 aromatic carbocycles. The van der Waals surface area contributed by atoms with E-state index in [1.807, 2.05) is 0 Å². The molecule has 2 rings (SSSR count). The fourth-order valence-electron chi connectivity index (χ4n) is 1.91. The second-order valence-corrected chi connectivity index (χ2v) is 4.52. The van der Waals surface area contributed by atoms with Crippen molar-refractivity contribution in [2.24, 2.45) is 0 Å². The lowest BCUT2D eigenvalue weighted by atomic mass is 10.3. The average Bonchev–Trinajstić information content (AvgIpc) is 2.91. The zero-order valence-corrected chi connectivity index (χ0v) is 11.8. The van der Waals surface area contributed by atoms with Crippen molar-refractivity contribution in [3.05, 3.63) is 39.0 Å². The number of hydrogen-bond acceptors (Lipinski definition) is 7. The summed E-state index contributed by atoms with van der Waals surface area (Å²) >= 11 is 0. The van der Waals surface area contributed by atoms with Gasteiger partial charge in [-0.2, -0.15) is 5.10 Å². The van der Waals surface area contributed by atoms with E-state index in [-0.39, 0.29) is 24.5 Å². The molecule has 0 saturated heterocycles. The monoisotopic (exact) mass is 294 g/mol. The molecule has 2 heterocycles. The summed E-state index contributed by atoms with van der Waals surface area (Å²) in [6.07, 6.45) is 0. The predicted molar refractivity (Wildman–Crippen MR) is 69.4 cm³/mol. The van der Waals surface area contributed by atoms with Crippen LogP contribution in [0.15, 0.2) is 10.6 Å². The third kappa shape index (κ3) is 3.25. The van der Waals surface area contributed by atoms with Crippen molar-refractivity contribution in [2.75, 3.05) is 0 Å². The topological polar surface area (TPSA) is 113 Å². The Balaban J connectivity index is 2.00. The van der Waals surface area contributed by atoms with Gasteiger partial charge in [0.05, 0.1) is 4.92 Å². The number of aryl methyl sites for hydroxylation is 2. The van der Waals surface area contributed by atoms with Gasteiger partial charge in [-0.1, -0.05) is 5.16 Å². The molecule has 0 bridgehead atoms. The highest BCUT2D eigenvalue weighted by molar-refractivity contribution is 5.69. The molecule has 0 aliphatic rings. The van der Waals surface area contributed by atoms with Crippen molar-refractivity contribution in [1.82, 2.24) is 14.9 Å². The summed E-state index contributed by atoms with van der Waals surface area (Å²) < 4.78 is 11.1. The first-order chi connectivity index (χ1) is 9.88. The van der Waals surface area contributed by atoms with E-state index in [0.717, 1.165) is 0 Å². The molecule has 9 nitrogen and oxygen atoms in total. The number of carbonyl (C=O) groups is 1. The van der Waals surface area contributed by atoms with E-state index < -0.39 is 10.9 Å². The Morgan fingerprint density at radius 1 is 1.48 bits per heavy atom. The van der Waals surface area contributed by atoms with Crippen LogP contribution in [0, 0.1) is 30.9 Å². The highest BCUT2D eigenvalue weighted by Gasteiger charge is 2.23. The fraction of sp³-hybridized carbons (Fsp3) is 0.417. The summed E-state index contributed by atoms with van der Waals surface area (Å²) in [7, 11) is 0. The Labute approximate surface area is 119 Å². The molecule has 0 aliphatic heterocycles. The molecule has 0 aliphatic carbocycles. The van der Waals surface area contributed by atoms with E-state index in [1.54, 1.807) is 13.0 Å². The SMILES string of the molecule is Cc1cc(COC(=O)Cn2nc(C)c([N+](=O)[O-])c2C)no1. The van der Waals surface area contributed by atoms with Crippen molar-refractivity contribution >= 4 is 11.7 Å². The molecule has 0 spiro atoms. The molecule has 0 unspecified atom stereocenters. The first-order valence-electron chi connectivity index (χ1n) is 6.14. The number of esters is 1. The maximum Gasteiger partial charge on any atom is 0.328 e. The number of nitrogens with zero attached hydrogens (tertiary/aromatic N) is 4. The second-order valence-electron chi connectivity index (χ2n) is 4.52. The second kappa shape index (κ2) is 5.73. The molecule has 2 aromatic rings. The molecule has 0 radical (unpaired) electrons. The maximum atomic E-state index is 11.7. The van der Waals surface area contributed by atoms with Crippen molar-refractivity contribution in [3.63, 3.8) is 0 Å². The van der Waals surface area contributed by atoms with Gasteiger partial charge in [-0.25, -0.2) is 0 Å². The molecule has 0 fully saturated rings. The largest absolute Gasteiger partial charge is 0.458 e.